The number of carbonyl (C=O) groups is 1. The summed E-state index contributed by atoms with van der Waals surface area (Å²) < 4.78 is 6.53. The van der Waals surface area contributed by atoms with Crippen LogP contribution in [0.5, 0.6) is 5.75 Å². The summed E-state index contributed by atoms with van der Waals surface area (Å²) in [4.78, 5) is 15.2. The molecule has 0 bridgehead atoms. The average Bonchev–Trinajstić information content (AvgIpc) is 2.73. The predicted octanol–water partition coefficient (Wildman–Crippen LogP) is 2.40. The summed E-state index contributed by atoms with van der Waals surface area (Å²) in [5.74, 6) is 0.893. The van der Waals surface area contributed by atoms with Crippen molar-refractivity contribution < 1.29 is 9.53 Å². The molecule has 7 nitrogen and oxygen atoms in total. The smallest absolute Gasteiger partial charge is 0.449 e. The summed E-state index contributed by atoms with van der Waals surface area (Å²) in [6.45, 7) is 1.70. The molecular formula is C14H16N5O2+. The first-order chi connectivity index (χ1) is 10.0. The van der Waals surface area contributed by atoms with E-state index in [1.165, 1.54) is 4.68 Å². The number of hydrogen-bond donors (Lipinski definition) is 1. The van der Waals surface area contributed by atoms with Crippen LogP contribution in [0.2, 0.25) is 0 Å². The molecule has 108 valence electrons. The van der Waals surface area contributed by atoms with Crippen LogP contribution in [0.1, 0.15) is 11.3 Å². The van der Waals surface area contributed by atoms with Gasteiger partial charge in [0, 0.05) is 7.05 Å². The van der Waals surface area contributed by atoms with Crippen molar-refractivity contribution in [3.05, 3.63) is 40.5 Å². The molecule has 1 heterocycles. The Hall–Kier alpha value is -2.88. The Morgan fingerprint density at radius 2 is 2.10 bits per heavy atom. The maximum absolute atomic E-state index is 12.1. The zero-order chi connectivity index (χ0) is 15.4. The van der Waals surface area contributed by atoms with Crippen LogP contribution in [0.15, 0.2) is 24.3 Å². The van der Waals surface area contributed by atoms with Gasteiger partial charge in [0.1, 0.15) is 5.75 Å². The molecule has 1 amide bonds. The third-order valence-corrected chi connectivity index (χ3v) is 3.07. The van der Waals surface area contributed by atoms with Gasteiger partial charge >= 0.3 is 5.69 Å². The maximum Gasteiger partial charge on any atom is 0.449 e. The second-order valence-electron chi connectivity index (χ2n) is 4.58. The van der Waals surface area contributed by atoms with Crippen LogP contribution < -0.4 is 10.1 Å². The highest BCUT2D eigenvalue weighted by Gasteiger charge is 2.25. The van der Waals surface area contributed by atoms with E-state index in [1.807, 2.05) is 12.1 Å². The van der Waals surface area contributed by atoms with Crippen molar-refractivity contribution in [3.63, 3.8) is 0 Å². The molecule has 1 aromatic carbocycles. The third kappa shape index (κ3) is 3.17. The van der Waals surface area contributed by atoms with Crippen LogP contribution in [0.4, 0.5) is 11.5 Å². The fraction of sp³-hybridized carbons (Fsp3) is 0.286. The molecule has 0 saturated heterocycles. The molecule has 2 rings (SSSR count). The van der Waals surface area contributed by atoms with Crippen molar-refractivity contribution in [3.8, 4) is 5.75 Å². The molecule has 0 fully saturated rings. The number of anilines is 1. The Morgan fingerprint density at radius 1 is 1.43 bits per heavy atom. The SMILES string of the molecule is COc1ccc(CC(=O)Nc2c([N+]#N)c(C)nn2C)cc1. The normalized spacial score (nSPS) is 10.0. The first kappa shape index (κ1) is 14.5. The number of methoxy groups -OCH3 is 1. The van der Waals surface area contributed by atoms with Crippen LogP contribution in [-0.2, 0) is 18.3 Å². The molecule has 0 radical (unpaired) electrons. The van der Waals surface area contributed by atoms with Gasteiger partial charge in [-0.3, -0.25) is 4.79 Å². The second-order valence-corrected chi connectivity index (χ2v) is 4.58. The predicted molar refractivity (Wildman–Crippen MR) is 78.0 cm³/mol. The zero-order valence-electron chi connectivity index (χ0n) is 12.1. The third-order valence-electron chi connectivity index (χ3n) is 3.07. The number of aromatic nitrogens is 2. The van der Waals surface area contributed by atoms with Crippen LogP contribution in [0.25, 0.3) is 4.98 Å². The summed E-state index contributed by atoms with van der Waals surface area (Å²) in [6.07, 6.45) is 0.207. The largest absolute Gasteiger partial charge is 0.497 e. The topological polar surface area (TPSA) is 84.3 Å². The molecule has 0 spiro atoms. The highest BCUT2D eigenvalue weighted by atomic mass is 16.5. The molecule has 0 unspecified atom stereocenters. The molecule has 1 aromatic heterocycles. The lowest BCUT2D eigenvalue weighted by molar-refractivity contribution is -0.115. The van der Waals surface area contributed by atoms with Gasteiger partial charge < -0.3 is 10.1 Å². The van der Waals surface area contributed by atoms with Crippen molar-refractivity contribution in [2.75, 3.05) is 12.4 Å². The quantitative estimate of drug-likeness (QED) is 0.875. The summed E-state index contributed by atoms with van der Waals surface area (Å²) in [5, 5.41) is 15.8. The molecule has 2 aromatic rings. The number of aryl methyl sites for hydroxylation is 2. The number of rotatable bonds is 4. The van der Waals surface area contributed by atoms with Crippen molar-refractivity contribution in [1.29, 1.82) is 5.39 Å². The molecule has 1 N–H and O–H groups in total. The Bertz CT molecular complexity index is 697. The Kier molecular flexibility index (Phi) is 4.18. The molecule has 0 aliphatic carbocycles. The molecule has 7 heteroatoms. The van der Waals surface area contributed by atoms with Crippen molar-refractivity contribution in [2.45, 2.75) is 13.3 Å². The van der Waals surface area contributed by atoms with E-state index in [-0.39, 0.29) is 18.0 Å². The molecular weight excluding hydrogens is 270 g/mol. The number of ether oxygens (including phenoxy) is 1. The fourth-order valence-corrected chi connectivity index (χ4v) is 2.01. The van der Waals surface area contributed by atoms with Gasteiger partial charge in [0.2, 0.25) is 17.1 Å². The molecule has 0 saturated carbocycles. The number of diazo groups is 1. The van der Waals surface area contributed by atoms with Crippen molar-refractivity contribution in [1.82, 2.24) is 9.78 Å². The van der Waals surface area contributed by atoms with Crippen molar-refractivity contribution in [2.24, 2.45) is 7.05 Å². The van der Waals surface area contributed by atoms with Gasteiger partial charge in [-0.25, -0.2) is 4.68 Å². The van der Waals surface area contributed by atoms with E-state index in [0.717, 1.165) is 11.3 Å². The average molecular weight is 286 g/mol. The summed E-state index contributed by atoms with van der Waals surface area (Å²) in [6, 6.07) is 7.24. The summed E-state index contributed by atoms with van der Waals surface area (Å²) in [5.41, 5.74) is 1.66. The lowest BCUT2D eigenvalue weighted by Gasteiger charge is -2.04. The number of amides is 1. The minimum atomic E-state index is -0.215. The monoisotopic (exact) mass is 286 g/mol. The number of hydrogen-bond acceptors (Lipinski definition) is 4. The lowest BCUT2D eigenvalue weighted by atomic mass is 10.1. The van der Waals surface area contributed by atoms with E-state index in [4.69, 9.17) is 10.1 Å². The van der Waals surface area contributed by atoms with Gasteiger partial charge in [-0.2, -0.15) is 5.10 Å². The zero-order valence-corrected chi connectivity index (χ0v) is 12.1. The van der Waals surface area contributed by atoms with Gasteiger partial charge in [0.25, 0.3) is 0 Å². The highest BCUT2D eigenvalue weighted by molar-refractivity contribution is 5.94. The number of nitrogens with one attached hydrogen (secondary N) is 1. The number of nitrogens with zero attached hydrogens (tertiary/aromatic N) is 4. The van der Waals surface area contributed by atoms with E-state index in [9.17, 15) is 4.79 Å². The van der Waals surface area contributed by atoms with Crippen LogP contribution in [0, 0.1) is 12.3 Å². The van der Waals surface area contributed by atoms with Gasteiger partial charge in [0.15, 0.2) is 10.7 Å². The minimum absolute atomic E-state index is 0.207. The van der Waals surface area contributed by atoms with Crippen molar-refractivity contribution >= 4 is 17.4 Å². The Morgan fingerprint density at radius 3 is 2.67 bits per heavy atom. The summed E-state index contributed by atoms with van der Waals surface area (Å²) >= 11 is 0. The van der Waals surface area contributed by atoms with E-state index < -0.39 is 0 Å². The number of benzene rings is 1. The van der Waals surface area contributed by atoms with E-state index in [2.05, 4.69) is 15.4 Å². The second kappa shape index (κ2) is 6.05. The van der Waals surface area contributed by atoms with Gasteiger partial charge in [-0.1, -0.05) is 12.1 Å². The van der Waals surface area contributed by atoms with Gasteiger partial charge in [-0.05, 0) is 24.6 Å². The Labute approximate surface area is 122 Å². The fourth-order valence-electron chi connectivity index (χ4n) is 2.01. The Balaban J connectivity index is 2.10. The van der Waals surface area contributed by atoms with Crippen LogP contribution in [-0.4, -0.2) is 22.8 Å². The lowest BCUT2D eigenvalue weighted by Crippen LogP contribution is -2.16. The standard InChI is InChI=1S/C14H15N5O2/c1-9-13(17-15)14(19(2)18-9)16-12(20)8-10-4-6-11(21-3)7-5-10/h4-7H,8H2,1-3H3/p+1. The van der Waals surface area contributed by atoms with Crippen LogP contribution in [0.3, 0.4) is 0 Å². The van der Waals surface area contributed by atoms with Gasteiger partial charge in [-0.15, -0.1) is 0 Å². The maximum atomic E-state index is 12.1. The number of carbonyl (C=O) groups excluding carboxylic acids is 1. The molecule has 0 aliphatic heterocycles. The highest BCUT2D eigenvalue weighted by Crippen LogP contribution is 2.28. The van der Waals surface area contributed by atoms with E-state index >= 15 is 0 Å². The first-order valence-electron chi connectivity index (χ1n) is 6.36. The summed E-state index contributed by atoms with van der Waals surface area (Å²) in [7, 11) is 3.26. The van der Waals surface area contributed by atoms with Crippen LogP contribution >= 0.6 is 0 Å². The van der Waals surface area contributed by atoms with E-state index in [1.54, 1.807) is 33.2 Å². The molecule has 0 aliphatic rings. The van der Waals surface area contributed by atoms with Gasteiger partial charge in [0.05, 0.1) is 13.5 Å². The molecule has 0 atom stereocenters. The first-order valence-corrected chi connectivity index (χ1v) is 6.36. The minimum Gasteiger partial charge on any atom is -0.497 e. The van der Waals surface area contributed by atoms with E-state index in [0.29, 0.717) is 11.5 Å². The molecule has 21 heavy (non-hydrogen) atoms.